The second-order valence-electron chi connectivity index (χ2n) is 2.39. The molecule has 0 saturated heterocycles. The van der Waals surface area contributed by atoms with Gasteiger partial charge in [0.15, 0.2) is 0 Å². The zero-order valence-corrected chi connectivity index (χ0v) is 6.53. The maximum absolute atomic E-state index is 5.13. The van der Waals surface area contributed by atoms with E-state index in [1.165, 1.54) is 5.57 Å². The third kappa shape index (κ3) is 1.28. The highest BCUT2D eigenvalue weighted by molar-refractivity contribution is 7.80. The van der Waals surface area contributed by atoms with Crippen molar-refractivity contribution in [2.24, 2.45) is 5.92 Å². The minimum atomic E-state index is 0.463. The van der Waals surface area contributed by atoms with Crippen LogP contribution in [0.1, 0.15) is 13.8 Å². The van der Waals surface area contributed by atoms with Crippen molar-refractivity contribution in [3.63, 3.8) is 0 Å². The predicted octanol–water partition coefficient (Wildman–Crippen LogP) is 2.51. The van der Waals surface area contributed by atoms with Gasteiger partial charge in [0, 0.05) is 10.8 Å². The highest BCUT2D eigenvalue weighted by Crippen LogP contribution is 2.14. The molecule has 0 amide bonds. The van der Waals surface area contributed by atoms with Crippen molar-refractivity contribution in [3.05, 3.63) is 23.8 Å². The van der Waals surface area contributed by atoms with Gasteiger partial charge in [-0.3, -0.25) is 0 Å². The maximum atomic E-state index is 5.13. The Bertz CT molecular complexity index is 187. The number of allylic oxidation sites excluding steroid dienone is 4. The molecule has 0 radical (unpaired) electrons. The summed E-state index contributed by atoms with van der Waals surface area (Å²) in [5.41, 5.74) is 1.24. The lowest BCUT2D eigenvalue weighted by molar-refractivity contribution is 1.01. The molecule has 9 heavy (non-hydrogen) atoms. The summed E-state index contributed by atoms with van der Waals surface area (Å²) >= 11 is 5.13. The molecule has 1 aliphatic rings. The number of hydrogen-bond acceptors (Lipinski definition) is 1. The molecule has 0 aromatic carbocycles. The van der Waals surface area contributed by atoms with Crippen LogP contribution in [0.25, 0.3) is 0 Å². The van der Waals surface area contributed by atoms with Crippen LogP contribution in [0, 0.1) is 5.92 Å². The van der Waals surface area contributed by atoms with Crippen LogP contribution >= 0.6 is 12.2 Å². The van der Waals surface area contributed by atoms with Crippen molar-refractivity contribution in [1.82, 2.24) is 0 Å². The van der Waals surface area contributed by atoms with Gasteiger partial charge in [-0.1, -0.05) is 37.4 Å². The Morgan fingerprint density at radius 2 is 2.22 bits per heavy atom. The first-order valence-corrected chi connectivity index (χ1v) is 3.52. The lowest BCUT2D eigenvalue weighted by Crippen LogP contribution is -2.09. The SMILES string of the molecule is CC1=CC=CC(C)C1=S. The molecule has 0 spiro atoms. The highest BCUT2D eigenvalue weighted by atomic mass is 32.1. The fraction of sp³-hybridized carbons (Fsp3) is 0.375. The average molecular weight is 138 g/mol. The minimum absolute atomic E-state index is 0.463. The van der Waals surface area contributed by atoms with Crippen molar-refractivity contribution < 1.29 is 0 Å². The zero-order chi connectivity index (χ0) is 6.85. The molecule has 0 heterocycles. The van der Waals surface area contributed by atoms with Gasteiger partial charge in [-0.15, -0.1) is 0 Å². The molecule has 1 unspecified atom stereocenters. The van der Waals surface area contributed by atoms with Crippen molar-refractivity contribution in [2.75, 3.05) is 0 Å². The van der Waals surface area contributed by atoms with E-state index < -0.39 is 0 Å². The van der Waals surface area contributed by atoms with E-state index in [0.717, 1.165) is 4.86 Å². The summed E-state index contributed by atoms with van der Waals surface area (Å²) in [6.45, 7) is 4.18. The third-order valence-corrected chi connectivity index (χ3v) is 2.24. The van der Waals surface area contributed by atoms with Gasteiger partial charge in [0.2, 0.25) is 0 Å². The van der Waals surface area contributed by atoms with E-state index in [9.17, 15) is 0 Å². The van der Waals surface area contributed by atoms with Gasteiger partial charge >= 0.3 is 0 Å². The first-order chi connectivity index (χ1) is 4.22. The number of hydrogen-bond donors (Lipinski definition) is 0. The van der Waals surface area contributed by atoms with Gasteiger partial charge in [0.05, 0.1) is 0 Å². The average Bonchev–Trinajstić information content (AvgIpc) is 1.83. The normalized spacial score (nSPS) is 26.2. The first-order valence-electron chi connectivity index (χ1n) is 3.11. The van der Waals surface area contributed by atoms with Crippen LogP contribution in [0.4, 0.5) is 0 Å². The van der Waals surface area contributed by atoms with E-state index in [1.54, 1.807) is 0 Å². The summed E-state index contributed by atoms with van der Waals surface area (Å²) < 4.78 is 0. The monoisotopic (exact) mass is 138 g/mol. The quantitative estimate of drug-likeness (QED) is 0.463. The van der Waals surface area contributed by atoms with Gasteiger partial charge in [0.1, 0.15) is 0 Å². The third-order valence-electron chi connectivity index (χ3n) is 1.55. The standard InChI is InChI=1S/C8H10S/c1-6-4-3-5-7(2)8(6)9/h3-6H,1-2H3. The number of thiocarbonyl (C=S) groups is 1. The van der Waals surface area contributed by atoms with Crippen LogP contribution in [-0.2, 0) is 0 Å². The van der Waals surface area contributed by atoms with E-state index in [2.05, 4.69) is 32.1 Å². The van der Waals surface area contributed by atoms with E-state index in [-0.39, 0.29) is 0 Å². The Balaban J connectivity index is 2.86. The molecule has 0 fully saturated rings. The molecular formula is C8H10S. The summed E-state index contributed by atoms with van der Waals surface area (Å²) in [6, 6.07) is 0. The summed E-state index contributed by atoms with van der Waals surface area (Å²) in [4.78, 5) is 1.08. The topological polar surface area (TPSA) is 0 Å². The number of rotatable bonds is 0. The van der Waals surface area contributed by atoms with Gasteiger partial charge in [-0.05, 0) is 12.5 Å². The Morgan fingerprint density at radius 1 is 1.56 bits per heavy atom. The van der Waals surface area contributed by atoms with Gasteiger partial charge < -0.3 is 0 Å². The molecule has 1 heteroatoms. The molecule has 1 atom stereocenters. The highest BCUT2D eigenvalue weighted by Gasteiger charge is 2.08. The second kappa shape index (κ2) is 2.44. The molecule has 0 aromatic rings. The molecule has 1 rings (SSSR count). The molecule has 0 aliphatic heterocycles. The van der Waals surface area contributed by atoms with Crippen LogP contribution in [0.2, 0.25) is 0 Å². The smallest absolute Gasteiger partial charge is 0.0247 e. The van der Waals surface area contributed by atoms with Crippen molar-refractivity contribution in [2.45, 2.75) is 13.8 Å². The lowest BCUT2D eigenvalue weighted by Gasteiger charge is -2.11. The second-order valence-corrected chi connectivity index (χ2v) is 2.83. The lowest BCUT2D eigenvalue weighted by atomic mass is 9.97. The van der Waals surface area contributed by atoms with E-state index in [0.29, 0.717) is 5.92 Å². The summed E-state index contributed by atoms with van der Waals surface area (Å²) in [5.74, 6) is 0.463. The predicted molar refractivity (Wildman–Crippen MR) is 44.7 cm³/mol. The molecule has 0 nitrogen and oxygen atoms in total. The van der Waals surface area contributed by atoms with E-state index >= 15 is 0 Å². The molecule has 48 valence electrons. The fourth-order valence-electron chi connectivity index (χ4n) is 0.895. The van der Waals surface area contributed by atoms with Crippen molar-refractivity contribution >= 4 is 17.1 Å². The van der Waals surface area contributed by atoms with Crippen LogP contribution in [0.15, 0.2) is 23.8 Å². The summed E-state index contributed by atoms with van der Waals surface area (Å²) in [7, 11) is 0. The van der Waals surface area contributed by atoms with E-state index in [1.807, 2.05) is 0 Å². The maximum Gasteiger partial charge on any atom is 0.0247 e. The summed E-state index contributed by atoms with van der Waals surface area (Å²) in [5, 5.41) is 0. The van der Waals surface area contributed by atoms with Crippen LogP contribution in [-0.4, -0.2) is 4.86 Å². The van der Waals surface area contributed by atoms with Crippen LogP contribution in [0.5, 0.6) is 0 Å². The largest absolute Gasteiger partial charge is 0.0840 e. The van der Waals surface area contributed by atoms with Crippen molar-refractivity contribution in [3.8, 4) is 0 Å². The first kappa shape index (κ1) is 6.69. The molecule has 0 saturated carbocycles. The Labute approximate surface area is 61.3 Å². The molecule has 1 aliphatic carbocycles. The minimum Gasteiger partial charge on any atom is -0.0840 e. The van der Waals surface area contributed by atoms with Gasteiger partial charge in [0.25, 0.3) is 0 Å². The van der Waals surface area contributed by atoms with Gasteiger partial charge in [-0.2, -0.15) is 0 Å². The fourth-order valence-corrected chi connectivity index (χ4v) is 1.04. The Morgan fingerprint density at radius 3 is 2.67 bits per heavy atom. The molecular weight excluding hydrogens is 128 g/mol. The van der Waals surface area contributed by atoms with Gasteiger partial charge in [-0.25, -0.2) is 0 Å². The van der Waals surface area contributed by atoms with E-state index in [4.69, 9.17) is 12.2 Å². The zero-order valence-electron chi connectivity index (χ0n) is 5.72. The Kier molecular flexibility index (Phi) is 1.81. The van der Waals surface area contributed by atoms with Crippen LogP contribution in [0.3, 0.4) is 0 Å². The molecule has 0 N–H and O–H groups in total. The van der Waals surface area contributed by atoms with Crippen molar-refractivity contribution in [1.29, 1.82) is 0 Å². The summed E-state index contributed by atoms with van der Waals surface area (Å²) in [6.07, 6.45) is 6.24. The Hall–Kier alpha value is -0.430. The molecule has 0 bridgehead atoms. The van der Waals surface area contributed by atoms with Crippen LogP contribution < -0.4 is 0 Å². The molecule has 0 aromatic heterocycles.